The zero-order valence-corrected chi connectivity index (χ0v) is 11.6. The van der Waals surface area contributed by atoms with Crippen molar-refractivity contribution in [1.29, 1.82) is 0 Å². The molecule has 0 aliphatic carbocycles. The normalized spacial score (nSPS) is 10.9. The van der Waals surface area contributed by atoms with E-state index < -0.39 is 0 Å². The van der Waals surface area contributed by atoms with Crippen LogP contribution in [0.2, 0.25) is 0 Å². The average molecular weight is 244 g/mol. The Hall–Kier alpha value is -0.160. The van der Waals surface area contributed by atoms with Gasteiger partial charge in [0.2, 0.25) is 0 Å². The van der Waals surface area contributed by atoms with Crippen LogP contribution in [0.3, 0.4) is 0 Å². The van der Waals surface area contributed by atoms with E-state index >= 15 is 0 Å². The second-order valence-electron chi connectivity index (χ2n) is 4.73. The maximum atomic E-state index is 5.04. The minimum Gasteiger partial charge on any atom is -0.257 e. The van der Waals surface area contributed by atoms with Crippen LogP contribution in [0.4, 0.5) is 0 Å². The van der Waals surface area contributed by atoms with Gasteiger partial charge in [-0.25, -0.2) is 5.43 Å². The fourth-order valence-corrected chi connectivity index (χ4v) is 1.99. The highest BCUT2D eigenvalue weighted by atomic mass is 15.7. The third kappa shape index (κ3) is 15.8. The Labute approximate surface area is 107 Å². The lowest BCUT2D eigenvalue weighted by Crippen LogP contribution is -2.47. The van der Waals surface area contributed by atoms with Gasteiger partial charge in [0.25, 0.3) is 0 Å². The predicted octanol–water partition coefficient (Wildman–Crippen LogP) is 2.77. The topological polar surface area (TPSA) is 62.1 Å². The second-order valence-corrected chi connectivity index (χ2v) is 4.73. The van der Waals surface area contributed by atoms with E-state index in [-0.39, 0.29) is 0 Å². The highest BCUT2D eigenvalue weighted by Crippen LogP contribution is 2.10. The minimum atomic E-state index is 0.973. The van der Waals surface area contributed by atoms with Gasteiger partial charge in [0.1, 0.15) is 0 Å². The number of unbranched alkanes of at least 4 members (excludes halogenated alkanes) is 10. The van der Waals surface area contributed by atoms with Gasteiger partial charge < -0.3 is 0 Å². The van der Waals surface area contributed by atoms with Crippen LogP contribution in [-0.2, 0) is 0 Å². The van der Waals surface area contributed by atoms with Gasteiger partial charge in [0.05, 0.1) is 0 Å². The molecule has 0 rings (SSSR count). The summed E-state index contributed by atoms with van der Waals surface area (Å²) in [7, 11) is 0. The van der Waals surface area contributed by atoms with Crippen molar-refractivity contribution in [2.24, 2.45) is 5.84 Å². The third-order valence-corrected chi connectivity index (χ3v) is 3.07. The van der Waals surface area contributed by atoms with Crippen LogP contribution in [-0.4, -0.2) is 6.54 Å². The summed E-state index contributed by atoms with van der Waals surface area (Å²) in [5.41, 5.74) is 7.99. The van der Waals surface area contributed by atoms with E-state index in [2.05, 4.69) is 23.4 Å². The summed E-state index contributed by atoms with van der Waals surface area (Å²) in [6, 6.07) is 0. The molecule has 0 aromatic carbocycles. The van der Waals surface area contributed by atoms with Gasteiger partial charge in [-0.05, 0) is 6.42 Å². The molecular formula is C13H32N4. The van der Waals surface area contributed by atoms with E-state index in [9.17, 15) is 0 Å². The van der Waals surface area contributed by atoms with Crippen LogP contribution in [0.1, 0.15) is 77.6 Å². The Morgan fingerprint density at radius 1 is 0.706 bits per heavy atom. The van der Waals surface area contributed by atoms with Crippen molar-refractivity contribution in [1.82, 2.24) is 16.5 Å². The Kier molecular flexibility index (Phi) is 15.7. The fourth-order valence-electron chi connectivity index (χ4n) is 1.99. The van der Waals surface area contributed by atoms with Crippen molar-refractivity contribution < 1.29 is 0 Å². The van der Waals surface area contributed by atoms with Crippen molar-refractivity contribution >= 4 is 0 Å². The van der Waals surface area contributed by atoms with Gasteiger partial charge in [-0.15, -0.1) is 0 Å². The first-order valence-electron chi connectivity index (χ1n) is 7.35. The Bertz CT molecular complexity index is 117. The van der Waals surface area contributed by atoms with Gasteiger partial charge in [0, 0.05) is 6.54 Å². The highest BCUT2D eigenvalue weighted by molar-refractivity contribution is 4.48. The molecule has 0 fully saturated rings. The molecule has 0 aliphatic rings. The van der Waals surface area contributed by atoms with Crippen LogP contribution in [0.15, 0.2) is 0 Å². The highest BCUT2D eigenvalue weighted by Gasteiger charge is 1.92. The summed E-state index contributed by atoms with van der Waals surface area (Å²) in [5, 5.41) is 0. The molecule has 0 amide bonds. The van der Waals surface area contributed by atoms with Crippen molar-refractivity contribution in [3.8, 4) is 0 Å². The van der Waals surface area contributed by atoms with E-state index in [1.807, 2.05) is 0 Å². The van der Waals surface area contributed by atoms with Crippen molar-refractivity contribution in [2.75, 3.05) is 6.54 Å². The standard InChI is InChI=1S/C13H32N4/c1-2-3-4-5-6-7-8-9-10-11-12-13-15-17-16-14/h15-17H,2-14H2,1H3. The molecule has 0 bridgehead atoms. The predicted molar refractivity (Wildman–Crippen MR) is 74.9 cm³/mol. The van der Waals surface area contributed by atoms with Crippen molar-refractivity contribution in [3.05, 3.63) is 0 Å². The van der Waals surface area contributed by atoms with Gasteiger partial charge in [-0.3, -0.25) is 5.84 Å². The summed E-state index contributed by atoms with van der Waals surface area (Å²) in [5.74, 6) is 5.04. The van der Waals surface area contributed by atoms with Crippen LogP contribution in [0.5, 0.6) is 0 Å². The van der Waals surface area contributed by atoms with E-state index in [1.165, 1.54) is 70.6 Å². The Balaban J connectivity index is 2.85. The van der Waals surface area contributed by atoms with Gasteiger partial charge >= 0.3 is 0 Å². The molecule has 17 heavy (non-hydrogen) atoms. The summed E-state index contributed by atoms with van der Waals surface area (Å²) in [6.45, 7) is 3.25. The first kappa shape index (κ1) is 16.8. The maximum Gasteiger partial charge on any atom is 0.0113 e. The molecule has 4 heteroatoms. The summed E-state index contributed by atoms with van der Waals surface area (Å²) >= 11 is 0. The zero-order valence-electron chi connectivity index (χ0n) is 11.6. The number of nitrogens with one attached hydrogen (secondary N) is 3. The van der Waals surface area contributed by atoms with Gasteiger partial charge in [0.15, 0.2) is 0 Å². The molecule has 0 radical (unpaired) electrons. The van der Waals surface area contributed by atoms with Crippen LogP contribution < -0.4 is 22.3 Å². The lowest BCUT2D eigenvalue weighted by Gasteiger charge is -2.05. The maximum absolute atomic E-state index is 5.04. The van der Waals surface area contributed by atoms with Crippen molar-refractivity contribution in [2.45, 2.75) is 77.6 Å². The lowest BCUT2D eigenvalue weighted by atomic mass is 10.1. The quantitative estimate of drug-likeness (QED) is 0.216. The molecule has 0 unspecified atom stereocenters. The molecule has 0 heterocycles. The van der Waals surface area contributed by atoms with Gasteiger partial charge in [-0.1, -0.05) is 71.1 Å². The summed E-state index contributed by atoms with van der Waals surface area (Å²) in [6.07, 6.45) is 15.2. The molecule has 0 atom stereocenters. The smallest absolute Gasteiger partial charge is 0.0113 e. The molecular weight excluding hydrogens is 212 g/mol. The minimum absolute atomic E-state index is 0.973. The van der Waals surface area contributed by atoms with E-state index in [4.69, 9.17) is 5.84 Å². The number of nitrogens with two attached hydrogens (primary N) is 1. The molecule has 4 nitrogen and oxygen atoms in total. The SMILES string of the molecule is CCCCCCCCCCCCCNNNN. The van der Waals surface area contributed by atoms with E-state index in [1.54, 1.807) is 0 Å². The lowest BCUT2D eigenvalue weighted by molar-refractivity contribution is 0.431. The molecule has 104 valence electrons. The first-order valence-corrected chi connectivity index (χ1v) is 7.35. The molecule has 0 saturated heterocycles. The molecule has 0 saturated carbocycles. The number of hydrogen-bond donors (Lipinski definition) is 4. The number of rotatable bonds is 14. The molecule has 0 aromatic rings. The number of hydrogen-bond acceptors (Lipinski definition) is 4. The molecule has 0 aliphatic heterocycles. The summed E-state index contributed by atoms with van der Waals surface area (Å²) < 4.78 is 0. The van der Waals surface area contributed by atoms with Crippen LogP contribution in [0.25, 0.3) is 0 Å². The van der Waals surface area contributed by atoms with E-state index in [0.29, 0.717) is 0 Å². The number of hydrazine groups is 3. The van der Waals surface area contributed by atoms with Crippen LogP contribution >= 0.6 is 0 Å². The molecule has 0 spiro atoms. The third-order valence-electron chi connectivity index (χ3n) is 3.07. The first-order chi connectivity index (χ1) is 8.41. The van der Waals surface area contributed by atoms with Crippen LogP contribution in [0, 0.1) is 0 Å². The Morgan fingerprint density at radius 2 is 1.18 bits per heavy atom. The average Bonchev–Trinajstić information content (AvgIpc) is 2.35. The van der Waals surface area contributed by atoms with E-state index in [0.717, 1.165) is 6.54 Å². The molecule has 0 aromatic heterocycles. The van der Waals surface area contributed by atoms with Crippen molar-refractivity contribution in [3.63, 3.8) is 0 Å². The zero-order chi connectivity index (χ0) is 12.6. The molecule has 5 N–H and O–H groups in total. The van der Waals surface area contributed by atoms with Gasteiger partial charge in [-0.2, -0.15) is 11.1 Å². The monoisotopic (exact) mass is 244 g/mol. The summed E-state index contributed by atoms with van der Waals surface area (Å²) in [4.78, 5) is 0. The largest absolute Gasteiger partial charge is 0.257 e. The fraction of sp³-hybridized carbons (Fsp3) is 1.00. The second kappa shape index (κ2) is 15.8. The Morgan fingerprint density at radius 3 is 1.65 bits per heavy atom.